The van der Waals surface area contributed by atoms with Crippen LogP contribution in [0.4, 0.5) is 5.69 Å². The van der Waals surface area contributed by atoms with Gasteiger partial charge in [-0.15, -0.1) is 0 Å². The quantitative estimate of drug-likeness (QED) is 0.297. The number of nitrogens with zero attached hydrogens (tertiary/aromatic N) is 3. The molecule has 0 aromatic heterocycles. The summed E-state index contributed by atoms with van der Waals surface area (Å²) in [6.45, 7) is 5.17. The Morgan fingerprint density at radius 1 is 1.00 bits per heavy atom. The minimum absolute atomic E-state index is 0.0522. The van der Waals surface area contributed by atoms with Crippen LogP contribution in [-0.2, 0) is 13.2 Å². The van der Waals surface area contributed by atoms with E-state index in [1.807, 2.05) is 29.2 Å². The van der Waals surface area contributed by atoms with Gasteiger partial charge >= 0.3 is 5.69 Å². The van der Waals surface area contributed by atoms with E-state index >= 15 is 0 Å². The van der Waals surface area contributed by atoms with E-state index in [4.69, 9.17) is 27.9 Å². The Labute approximate surface area is 214 Å². The van der Waals surface area contributed by atoms with E-state index in [9.17, 15) is 14.9 Å². The van der Waals surface area contributed by atoms with Gasteiger partial charge in [0.15, 0.2) is 5.75 Å². The summed E-state index contributed by atoms with van der Waals surface area (Å²) in [6, 6.07) is 17.5. The second kappa shape index (κ2) is 11.1. The molecule has 0 spiro atoms. The van der Waals surface area contributed by atoms with Crippen molar-refractivity contribution in [2.75, 3.05) is 26.2 Å². The number of hydrogen-bond donors (Lipinski definition) is 0. The fourth-order valence-electron chi connectivity index (χ4n) is 4.05. The Morgan fingerprint density at radius 3 is 2.37 bits per heavy atom. The van der Waals surface area contributed by atoms with Gasteiger partial charge < -0.3 is 9.64 Å². The van der Waals surface area contributed by atoms with Crippen LogP contribution in [0.25, 0.3) is 0 Å². The van der Waals surface area contributed by atoms with Crippen molar-refractivity contribution in [2.45, 2.75) is 20.1 Å². The summed E-state index contributed by atoms with van der Waals surface area (Å²) >= 11 is 12.6. The molecular formula is C26H25Cl2N3O4. The van der Waals surface area contributed by atoms with Gasteiger partial charge in [-0.25, -0.2) is 0 Å². The molecular weight excluding hydrogens is 489 g/mol. The number of nitro benzene ring substituents is 1. The smallest absolute Gasteiger partial charge is 0.311 e. The fraction of sp³-hybridized carbons (Fsp3) is 0.269. The van der Waals surface area contributed by atoms with Crippen molar-refractivity contribution < 1.29 is 14.5 Å². The maximum Gasteiger partial charge on any atom is 0.311 e. The van der Waals surface area contributed by atoms with Gasteiger partial charge in [-0.2, -0.15) is 0 Å². The van der Waals surface area contributed by atoms with E-state index < -0.39 is 4.92 Å². The highest BCUT2D eigenvalue weighted by atomic mass is 35.5. The van der Waals surface area contributed by atoms with E-state index in [1.54, 1.807) is 37.3 Å². The molecule has 1 aliphatic heterocycles. The minimum atomic E-state index is -0.457. The van der Waals surface area contributed by atoms with Crippen LogP contribution in [0.1, 0.15) is 27.0 Å². The van der Waals surface area contributed by atoms with Crippen LogP contribution in [0.2, 0.25) is 10.0 Å². The number of amides is 1. The van der Waals surface area contributed by atoms with Crippen molar-refractivity contribution in [3.8, 4) is 5.75 Å². The molecule has 3 aromatic rings. The molecule has 7 nitrogen and oxygen atoms in total. The predicted molar refractivity (Wildman–Crippen MR) is 136 cm³/mol. The summed E-state index contributed by atoms with van der Waals surface area (Å²) < 4.78 is 5.71. The third-order valence-electron chi connectivity index (χ3n) is 5.98. The lowest BCUT2D eigenvalue weighted by Crippen LogP contribution is -2.48. The van der Waals surface area contributed by atoms with E-state index in [1.165, 1.54) is 6.07 Å². The average molecular weight is 514 g/mol. The van der Waals surface area contributed by atoms with Gasteiger partial charge in [0.2, 0.25) is 0 Å². The third kappa shape index (κ3) is 6.11. The highest BCUT2D eigenvalue weighted by Gasteiger charge is 2.23. The highest BCUT2D eigenvalue weighted by Crippen LogP contribution is 2.29. The molecule has 1 saturated heterocycles. The first-order chi connectivity index (χ1) is 16.8. The van der Waals surface area contributed by atoms with Crippen LogP contribution in [0.15, 0.2) is 60.7 Å². The standard InChI is InChI=1S/C26H25Cl2N3O4/c1-18-8-9-25(24(14-18)31(33)34)35-17-19-4-2-5-20(15-19)26(32)30-12-10-29(11-13-30)16-21-22(27)6-3-7-23(21)28/h2-9,14-15H,10-13,16-17H2,1H3. The molecule has 1 amide bonds. The molecule has 0 bridgehead atoms. The Balaban J connectivity index is 1.36. The fourth-order valence-corrected chi connectivity index (χ4v) is 4.56. The first-order valence-electron chi connectivity index (χ1n) is 11.2. The number of rotatable bonds is 7. The number of ether oxygens (including phenoxy) is 1. The Kier molecular flexibility index (Phi) is 7.90. The molecule has 35 heavy (non-hydrogen) atoms. The van der Waals surface area contributed by atoms with E-state index in [0.717, 1.165) is 16.7 Å². The van der Waals surface area contributed by atoms with Crippen molar-refractivity contribution in [3.63, 3.8) is 0 Å². The molecule has 0 unspecified atom stereocenters. The molecule has 4 rings (SSSR count). The van der Waals surface area contributed by atoms with Gasteiger partial charge in [0.05, 0.1) is 4.92 Å². The SMILES string of the molecule is Cc1ccc(OCc2cccc(C(=O)N3CCN(Cc4c(Cl)cccc4Cl)CC3)c2)c([N+](=O)[O-])c1. The van der Waals surface area contributed by atoms with Crippen molar-refractivity contribution in [2.24, 2.45) is 0 Å². The third-order valence-corrected chi connectivity index (χ3v) is 6.69. The number of halogens is 2. The van der Waals surface area contributed by atoms with Crippen molar-refractivity contribution in [1.82, 2.24) is 9.80 Å². The first kappa shape index (κ1) is 25.0. The minimum Gasteiger partial charge on any atom is -0.482 e. The second-order valence-electron chi connectivity index (χ2n) is 8.49. The lowest BCUT2D eigenvalue weighted by molar-refractivity contribution is -0.386. The van der Waals surface area contributed by atoms with Gasteiger partial charge in [0.1, 0.15) is 6.61 Å². The van der Waals surface area contributed by atoms with Gasteiger partial charge in [-0.05, 0) is 48.4 Å². The average Bonchev–Trinajstić information content (AvgIpc) is 2.85. The van der Waals surface area contributed by atoms with Crippen LogP contribution < -0.4 is 4.74 Å². The van der Waals surface area contributed by atoms with Crippen molar-refractivity contribution >= 4 is 34.8 Å². The predicted octanol–water partition coefficient (Wildman–Crippen LogP) is 5.75. The molecule has 0 atom stereocenters. The number of aryl methyl sites for hydroxylation is 1. The molecule has 3 aromatic carbocycles. The van der Waals surface area contributed by atoms with Crippen LogP contribution in [0, 0.1) is 17.0 Å². The van der Waals surface area contributed by atoms with Crippen LogP contribution in [-0.4, -0.2) is 46.8 Å². The zero-order valence-electron chi connectivity index (χ0n) is 19.2. The van der Waals surface area contributed by atoms with Crippen LogP contribution >= 0.6 is 23.2 Å². The summed E-state index contributed by atoms with van der Waals surface area (Å²) in [5.41, 5.74) is 2.93. The number of carbonyl (C=O) groups is 1. The number of carbonyl (C=O) groups excluding carboxylic acids is 1. The first-order valence-corrected chi connectivity index (χ1v) is 12.0. The van der Waals surface area contributed by atoms with Crippen LogP contribution in [0.5, 0.6) is 5.75 Å². The summed E-state index contributed by atoms with van der Waals surface area (Å²) in [6.07, 6.45) is 0. The van der Waals surface area contributed by atoms with Gasteiger partial charge in [0, 0.05) is 60.0 Å². The van der Waals surface area contributed by atoms with Crippen molar-refractivity contribution in [3.05, 3.63) is 103 Å². The van der Waals surface area contributed by atoms with E-state index in [2.05, 4.69) is 4.90 Å². The maximum atomic E-state index is 13.1. The van der Waals surface area contributed by atoms with Gasteiger partial charge in [-0.1, -0.05) is 47.5 Å². The topological polar surface area (TPSA) is 75.9 Å². The second-order valence-corrected chi connectivity index (χ2v) is 9.30. The zero-order valence-corrected chi connectivity index (χ0v) is 20.8. The molecule has 0 aliphatic carbocycles. The van der Waals surface area contributed by atoms with Crippen LogP contribution in [0.3, 0.4) is 0 Å². The molecule has 9 heteroatoms. The highest BCUT2D eigenvalue weighted by molar-refractivity contribution is 6.35. The Hall–Kier alpha value is -3.13. The Morgan fingerprint density at radius 2 is 1.69 bits per heavy atom. The van der Waals surface area contributed by atoms with E-state index in [0.29, 0.717) is 48.3 Å². The molecule has 0 radical (unpaired) electrons. The molecule has 182 valence electrons. The molecule has 0 saturated carbocycles. The molecule has 1 fully saturated rings. The van der Waals surface area contributed by atoms with Crippen molar-refractivity contribution in [1.29, 1.82) is 0 Å². The maximum absolute atomic E-state index is 13.1. The Bertz CT molecular complexity index is 1220. The van der Waals surface area contributed by atoms with E-state index in [-0.39, 0.29) is 24.0 Å². The lowest BCUT2D eigenvalue weighted by Gasteiger charge is -2.35. The lowest BCUT2D eigenvalue weighted by atomic mass is 10.1. The molecule has 1 heterocycles. The number of nitro groups is 1. The van der Waals surface area contributed by atoms with Gasteiger partial charge in [-0.3, -0.25) is 19.8 Å². The van der Waals surface area contributed by atoms with Gasteiger partial charge in [0.25, 0.3) is 5.91 Å². The molecule has 1 aliphatic rings. The zero-order chi connectivity index (χ0) is 24.9. The molecule has 0 N–H and O–H groups in total. The summed E-state index contributed by atoms with van der Waals surface area (Å²) in [4.78, 5) is 28.0. The monoisotopic (exact) mass is 513 g/mol. The number of benzene rings is 3. The summed E-state index contributed by atoms with van der Waals surface area (Å²) in [7, 11) is 0. The largest absolute Gasteiger partial charge is 0.482 e. The number of hydrogen-bond acceptors (Lipinski definition) is 5. The normalized spacial score (nSPS) is 14.1. The summed E-state index contributed by atoms with van der Waals surface area (Å²) in [5.74, 6) is 0.149. The number of piperazine rings is 1. The summed E-state index contributed by atoms with van der Waals surface area (Å²) in [5, 5.41) is 12.6.